The summed E-state index contributed by atoms with van der Waals surface area (Å²) in [4.78, 5) is 56.8. The molecule has 0 unspecified atom stereocenters. The van der Waals surface area contributed by atoms with E-state index >= 15 is 0 Å². The molecule has 0 saturated heterocycles. The van der Waals surface area contributed by atoms with Gasteiger partial charge in [0, 0.05) is 32.1 Å². The van der Waals surface area contributed by atoms with Crippen molar-refractivity contribution in [2.75, 3.05) is 31.0 Å². The quantitative estimate of drug-likeness (QED) is 0.0291. The van der Waals surface area contributed by atoms with Crippen molar-refractivity contribution in [2.24, 2.45) is 5.92 Å². The van der Waals surface area contributed by atoms with Crippen molar-refractivity contribution in [1.82, 2.24) is 31.5 Å². The number of thiol groups is 1. The van der Waals surface area contributed by atoms with Crippen LogP contribution in [0.25, 0.3) is 0 Å². The second-order valence-corrected chi connectivity index (χ2v) is 18.0. The van der Waals surface area contributed by atoms with Crippen LogP contribution < -0.4 is 35.6 Å². The van der Waals surface area contributed by atoms with Crippen molar-refractivity contribution >= 4 is 46.2 Å². The molecule has 0 spiro atoms. The SMILES string of the molecule is C=CCN(C)C(=O)[C@H](NC(=O)[C@H](CC)NC(=O)[C@H](CCCNC(=N)N(c1c(C)c(C)c2c(c1C)CC(C)(C)O2)[SH](=O)=O)NC(=O)[C@@](C)(CC=C)NCC(C)C)c1ccc(F)cc1. The van der Waals surface area contributed by atoms with Crippen molar-refractivity contribution in [3.63, 3.8) is 0 Å². The van der Waals surface area contributed by atoms with Crippen LogP contribution in [0, 0.1) is 37.9 Å². The summed E-state index contributed by atoms with van der Waals surface area (Å²) in [7, 11) is -1.76. The molecule has 62 heavy (non-hydrogen) atoms. The van der Waals surface area contributed by atoms with Gasteiger partial charge in [-0.15, -0.1) is 13.2 Å². The van der Waals surface area contributed by atoms with E-state index in [-0.39, 0.29) is 44.7 Å². The molecule has 6 N–H and O–H groups in total. The normalized spacial score (nSPS) is 15.2. The van der Waals surface area contributed by atoms with Crippen molar-refractivity contribution < 1.29 is 36.7 Å². The molecule has 4 amide bonds. The largest absolute Gasteiger partial charge is 0.487 e. The van der Waals surface area contributed by atoms with Crippen LogP contribution in [0.4, 0.5) is 10.1 Å². The van der Waals surface area contributed by atoms with E-state index in [0.29, 0.717) is 35.3 Å². The van der Waals surface area contributed by atoms with E-state index in [2.05, 4.69) is 39.7 Å². The summed E-state index contributed by atoms with van der Waals surface area (Å²) >= 11 is 0. The number of carbonyl (C=O) groups is 4. The standard InChI is InChI=1S/C45H67FN8O7S/c1-13-22-45(11,49-26-27(4)5)42(58)51-35(40(56)50-34(15-3)39(55)52-36(41(57)53(12)24-14-2)31-18-20-32(46)21-19-31)17-16-23-48-43(47)54(62(59)60)37-28(6)29(7)38-33(30(37)8)25-44(9,10)61-38/h13-14,18-21,27,34-36,49,62H,1-2,15-17,22-26H2,3-12H3,(H2,47,48)(H,50,56)(H,51,58)(H,52,55)/t34-,35-,36+,45+/m0/s1. The zero-order valence-corrected chi connectivity index (χ0v) is 38.8. The summed E-state index contributed by atoms with van der Waals surface area (Å²) in [6.07, 6.45) is 4.27. The first-order chi connectivity index (χ1) is 29.0. The molecule has 0 fully saturated rings. The number of nitrogens with one attached hydrogen (secondary N) is 6. The van der Waals surface area contributed by atoms with E-state index in [1.807, 2.05) is 41.5 Å². The molecule has 2 aromatic carbocycles. The predicted molar refractivity (Wildman–Crippen MR) is 242 cm³/mol. The van der Waals surface area contributed by atoms with Crippen LogP contribution in [0.3, 0.4) is 0 Å². The molecular formula is C45H67FN8O7S. The highest BCUT2D eigenvalue weighted by atomic mass is 32.2. The third-order valence-electron chi connectivity index (χ3n) is 11.0. The van der Waals surface area contributed by atoms with Gasteiger partial charge in [0.1, 0.15) is 35.3 Å². The van der Waals surface area contributed by atoms with E-state index in [1.54, 1.807) is 26.8 Å². The number of nitrogens with zero attached hydrogens (tertiary/aromatic N) is 2. The molecule has 4 atom stereocenters. The van der Waals surface area contributed by atoms with E-state index in [4.69, 9.17) is 10.1 Å². The van der Waals surface area contributed by atoms with Crippen LogP contribution in [0.1, 0.15) is 101 Å². The monoisotopic (exact) mass is 882 g/mol. The molecule has 3 rings (SSSR count). The molecule has 0 saturated carbocycles. The minimum atomic E-state index is -3.30. The van der Waals surface area contributed by atoms with Crippen LogP contribution in [0.2, 0.25) is 0 Å². The lowest BCUT2D eigenvalue weighted by Crippen LogP contribution is -2.61. The molecule has 1 heterocycles. The number of hydrogen-bond donors (Lipinski definition) is 7. The van der Waals surface area contributed by atoms with Gasteiger partial charge < -0.3 is 36.2 Å². The van der Waals surface area contributed by atoms with E-state index in [9.17, 15) is 32.0 Å². The predicted octanol–water partition coefficient (Wildman–Crippen LogP) is 4.56. The molecule has 0 aliphatic carbocycles. The molecule has 0 aromatic heterocycles. The lowest BCUT2D eigenvalue weighted by atomic mass is 9.92. The molecule has 0 radical (unpaired) electrons. The van der Waals surface area contributed by atoms with Crippen LogP contribution >= 0.6 is 0 Å². The van der Waals surface area contributed by atoms with Gasteiger partial charge >= 0.3 is 0 Å². The minimum absolute atomic E-state index is 0.0270. The fourth-order valence-corrected chi connectivity index (χ4v) is 8.00. The number of likely N-dealkylation sites (N-methyl/N-ethyl adjacent to an activating group) is 1. The van der Waals surface area contributed by atoms with Gasteiger partial charge in [-0.1, -0.05) is 45.1 Å². The zero-order valence-electron chi connectivity index (χ0n) is 37.9. The first-order valence-electron chi connectivity index (χ1n) is 21.0. The van der Waals surface area contributed by atoms with Crippen LogP contribution in [0.5, 0.6) is 5.75 Å². The number of rotatable bonds is 22. The van der Waals surface area contributed by atoms with Gasteiger partial charge in [0.25, 0.3) is 0 Å². The highest BCUT2D eigenvalue weighted by Crippen LogP contribution is 2.45. The number of guanidine groups is 1. The summed E-state index contributed by atoms with van der Waals surface area (Å²) in [6.45, 7) is 25.0. The third kappa shape index (κ3) is 12.9. The highest BCUT2D eigenvalue weighted by molar-refractivity contribution is 7.75. The summed E-state index contributed by atoms with van der Waals surface area (Å²) in [5.41, 5.74) is 2.11. The first kappa shape index (κ1) is 51.1. The fourth-order valence-electron chi connectivity index (χ4n) is 7.30. The average Bonchev–Trinajstić information content (AvgIpc) is 3.55. The maximum absolute atomic E-state index is 14.1. The highest BCUT2D eigenvalue weighted by Gasteiger charge is 2.38. The van der Waals surface area contributed by atoms with Crippen LogP contribution in [0.15, 0.2) is 49.6 Å². The summed E-state index contributed by atoms with van der Waals surface area (Å²) in [6, 6.07) is 1.61. The fraction of sp³-hybridized carbons (Fsp3) is 0.533. The molecule has 1 aliphatic rings. The van der Waals surface area contributed by atoms with Crippen molar-refractivity contribution in [1.29, 1.82) is 5.41 Å². The van der Waals surface area contributed by atoms with Crippen LogP contribution in [-0.2, 0) is 36.5 Å². The Hall–Kier alpha value is -5.29. The van der Waals surface area contributed by atoms with E-state index in [1.165, 1.54) is 42.3 Å². The first-order valence-corrected chi connectivity index (χ1v) is 22.1. The Balaban J connectivity index is 1.87. The Morgan fingerprint density at radius 2 is 1.61 bits per heavy atom. The van der Waals surface area contributed by atoms with Gasteiger partial charge in [-0.05, 0) is 114 Å². The van der Waals surface area contributed by atoms with Gasteiger partial charge in [0.05, 0.1) is 11.2 Å². The Kier molecular flexibility index (Phi) is 18.3. The topological polar surface area (TPSA) is 202 Å². The molecular weight excluding hydrogens is 816 g/mol. The molecule has 342 valence electrons. The second kappa shape index (κ2) is 22.2. The Morgan fingerprint density at radius 1 is 0.984 bits per heavy atom. The van der Waals surface area contributed by atoms with E-state index in [0.717, 1.165) is 21.2 Å². The van der Waals surface area contributed by atoms with Crippen LogP contribution in [-0.4, -0.2) is 92.8 Å². The number of carbonyl (C=O) groups excluding carboxylic acids is 4. The van der Waals surface area contributed by atoms with Gasteiger partial charge in [-0.3, -0.25) is 24.6 Å². The number of fused-ring (bicyclic) bond motifs is 1. The lowest BCUT2D eigenvalue weighted by Gasteiger charge is -2.32. The number of halogens is 1. The summed E-state index contributed by atoms with van der Waals surface area (Å²) in [5.74, 6) is -2.31. The number of hydrogen-bond acceptors (Lipinski definition) is 9. The minimum Gasteiger partial charge on any atom is -0.487 e. The van der Waals surface area contributed by atoms with Gasteiger partial charge in [-0.25, -0.2) is 17.1 Å². The molecule has 15 nitrogen and oxygen atoms in total. The van der Waals surface area contributed by atoms with E-state index < -0.39 is 75.6 Å². The third-order valence-corrected chi connectivity index (χ3v) is 11.7. The molecule has 1 aliphatic heterocycles. The average molecular weight is 883 g/mol. The molecule has 0 bridgehead atoms. The van der Waals surface area contributed by atoms with Gasteiger partial charge in [-0.2, -0.15) is 0 Å². The number of benzene rings is 2. The molecule has 17 heteroatoms. The maximum Gasteiger partial charge on any atom is 0.249 e. The van der Waals surface area contributed by atoms with Crippen molar-refractivity contribution in [3.8, 4) is 5.75 Å². The number of amides is 4. The maximum atomic E-state index is 14.1. The summed E-state index contributed by atoms with van der Waals surface area (Å²) in [5, 5.41) is 23.3. The Bertz CT molecular complexity index is 2060. The number of anilines is 1. The number of ether oxygens (including phenoxy) is 1. The smallest absolute Gasteiger partial charge is 0.249 e. The summed E-state index contributed by atoms with van der Waals surface area (Å²) < 4.78 is 46.6. The second-order valence-electron chi connectivity index (χ2n) is 17.1. The van der Waals surface area contributed by atoms with Crippen molar-refractivity contribution in [3.05, 3.63) is 83.2 Å². The molecule has 2 aromatic rings. The van der Waals surface area contributed by atoms with Gasteiger partial charge in [0.15, 0.2) is 0 Å². The Labute approximate surface area is 368 Å². The Morgan fingerprint density at radius 3 is 2.18 bits per heavy atom. The van der Waals surface area contributed by atoms with Gasteiger partial charge in [0.2, 0.25) is 40.5 Å². The van der Waals surface area contributed by atoms with Crippen molar-refractivity contribution in [2.45, 2.75) is 124 Å². The zero-order chi connectivity index (χ0) is 46.7. The lowest BCUT2D eigenvalue weighted by molar-refractivity contribution is -0.137.